The average Bonchev–Trinajstić information content (AvgIpc) is 1.79. The van der Waals surface area contributed by atoms with Gasteiger partial charge in [0.2, 0.25) is 0 Å². The van der Waals surface area contributed by atoms with Crippen molar-refractivity contribution < 1.29 is 5.11 Å². The molecule has 68 valence electrons. The van der Waals surface area contributed by atoms with E-state index in [-0.39, 0.29) is 11.2 Å². The van der Waals surface area contributed by atoms with E-state index in [0.29, 0.717) is 0 Å². The number of hydrogen-bond acceptors (Lipinski definition) is 1. The van der Waals surface area contributed by atoms with Crippen molar-refractivity contribution >= 4 is 0 Å². The van der Waals surface area contributed by atoms with Crippen molar-refractivity contribution in [3.8, 4) is 0 Å². The van der Waals surface area contributed by atoms with Crippen LogP contribution in [0.4, 0.5) is 0 Å². The Labute approximate surface area is 75.1 Å². The first kappa shape index (κ1) is 11.0. The summed E-state index contributed by atoms with van der Waals surface area (Å²) in [5.74, 6) is 0.130. The fourth-order valence-electron chi connectivity index (χ4n) is 0.979. The summed E-state index contributed by atoms with van der Waals surface area (Å²) >= 11 is 0. The molecule has 0 rings (SSSR count). The van der Waals surface area contributed by atoms with E-state index in [2.05, 4.69) is 13.2 Å². The standard InChI is InChI=1S/C11H18O/c1-8(2)7-10(9(3)12)11(4,5)6/h7,12H,1,3H2,2,4-6H3/b10-7+. The van der Waals surface area contributed by atoms with E-state index in [1.807, 2.05) is 33.8 Å². The second-order valence-corrected chi connectivity index (χ2v) is 4.10. The van der Waals surface area contributed by atoms with Crippen LogP contribution in [0.2, 0.25) is 0 Å². The van der Waals surface area contributed by atoms with Gasteiger partial charge in [0.25, 0.3) is 0 Å². The van der Waals surface area contributed by atoms with Gasteiger partial charge in [0.1, 0.15) is 5.76 Å². The lowest BCUT2D eigenvalue weighted by Crippen LogP contribution is -2.11. The van der Waals surface area contributed by atoms with E-state index in [1.165, 1.54) is 0 Å². The van der Waals surface area contributed by atoms with Gasteiger partial charge < -0.3 is 5.11 Å². The summed E-state index contributed by atoms with van der Waals surface area (Å²) in [6, 6.07) is 0. The molecule has 0 amide bonds. The van der Waals surface area contributed by atoms with Gasteiger partial charge in [-0.15, -0.1) is 0 Å². The number of allylic oxidation sites excluding steroid dienone is 3. The second-order valence-electron chi connectivity index (χ2n) is 4.10. The maximum Gasteiger partial charge on any atom is 0.112 e. The summed E-state index contributed by atoms with van der Waals surface area (Å²) < 4.78 is 0. The van der Waals surface area contributed by atoms with Gasteiger partial charge in [-0.05, 0) is 17.9 Å². The Hall–Kier alpha value is -0.980. The maximum absolute atomic E-state index is 9.29. The summed E-state index contributed by atoms with van der Waals surface area (Å²) in [5.41, 5.74) is 1.69. The Morgan fingerprint density at radius 1 is 1.25 bits per heavy atom. The monoisotopic (exact) mass is 166 g/mol. The molecule has 0 aromatic heterocycles. The van der Waals surface area contributed by atoms with Gasteiger partial charge in [0, 0.05) is 0 Å². The largest absolute Gasteiger partial charge is 0.508 e. The lowest BCUT2D eigenvalue weighted by molar-refractivity contribution is 0.381. The molecule has 1 N–H and O–H groups in total. The molecule has 0 radical (unpaired) electrons. The highest BCUT2D eigenvalue weighted by molar-refractivity contribution is 5.33. The van der Waals surface area contributed by atoms with Crippen molar-refractivity contribution in [2.45, 2.75) is 27.7 Å². The minimum Gasteiger partial charge on any atom is -0.508 e. The van der Waals surface area contributed by atoms with Crippen LogP contribution in [-0.2, 0) is 0 Å². The first-order chi connectivity index (χ1) is 5.25. The summed E-state index contributed by atoms with van der Waals surface area (Å²) in [7, 11) is 0. The highest BCUT2D eigenvalue weighted by Gasteiger charge is 2.18. The van der Waals surface area contributed by atoms with Crippen molar-refractivity contribution in [3.63, 3.8) is 0 Å². The molecule has 0 saturated carbocycles. The Balaban J connectivity index is 4.94. The zero-order chi connectivity index (χ0) is 9.94. The van der Waals surface area contributed by atoms with Crippen molar-refractivity contribution in [2.75, 3.05) is 0 Å². The van der Waals surface area contributed by atoms with Gasteiger partial charge in [-0.2, -0.15) is 0 Å². The number of aliphatic hydroxyl groups excluding tert-OH is 1. The van der Waals surface area contributed by atoms with Crippen molar-refractivity contribution in [3.05, 3.63) is 36.1 Å². The smallest absolute Gasteiger partial charge is 0.112 e. The van der Waals surface area contributed by atoms with E-state index in [1.54, 1.807) is 0 Å². The third-order valence-corrected chi connectivity index (χ3v) is 1.51. The molecule has 0 spiro atoms. The van der Waals surface area contributed by atoms with E-state index in [4.69, 9.17) is 0 Å². The molecule has 0 unspecified atom stereocenters. The molecule has 1 heteroatoms. The fraction of sp³-hybridized carbons (Fsp3) is 0.455. The Morgan fingerprint density at radius 3 is 1.75 bits per heavy atom. The highest BCUT2D eigenvalue weighted by Crippen LogP contribution is 2.29. The molecule has 0 aliphatic carbocycles. The Morgan fingerprint density at radius 2 is 1.67 bits per heavy atom. The molecule has 0 aromatic rings. The third kappa shape index (κ3) is 3.42. The van der Waals surface area contributed by atoms with Crippen LogP contribution in [-0.4, -0.2) is 5.11 Å². The average molecular weight is 166 g/mol. The zero-order valence-electron chi connectivity index (χ0n) is 8.44. The summed E-state index contributed by atoms with van der Waals surface area (Å²) in [6.07, 6.45) is 1.86. The lowest BCUT2D eigenvalue weighted by atomic mass is 9.84. The summed E-state index contributed by atoms with van der Waals surface area (Å²) in [5, 5.41) is 9.29. The van der Waals surface area contributed by atoms with Gasteiger partial charge in [-0.25, -0.2) is 0 Å². The molecular formula is C11H18O. The molecule has 0 fully saturated rings. The molecule has 0 atom stereocenters. The molecule has 0 aliphatic heterocycles. The first-order valence-corrected chi connectivity index (χ1v) is 4.01. The van der Waals surface area contributed by atoms with Gasteiger partial charge in [-0.3, -0.25) is 0 Å². The summed E-state index contributed by atoms with van der Waals surface area (Å²) in [4.78, 5) is 0. The van der Waals surface area contributed by atoms with Crippen LogP contribution >= 0.6 is 0 Å². The Bertz CT molecular complexity index is 226. The van der Waals surface area contributed by atoms with Gasteiger partial charge in [0.15, 0.2) is 0 Å². The third-order valence-electron chi connectivity index (χ3n) is 1.51. The quantitative estimate of drug-likeness (QED) is 0.491. The van der Waals surface area contributed by atoms with Gasteiger partial charge >= 0.3 is 0 Å². The predicted octanol–water partition coefficient (Wildman–Crippen LogP) is 3.61. The molecule has 0 bridgehead atoms. The van der Waals surface area contributed by atoms with Crippen molar-refractivity contribution in [1.82, 2.24) is 0 Å². The van der Waals surface area contributed by atoms with Crippen LogP contribution in [0.5, 0.6) is 0 Å². The normalized spacial score (nSPS) is 12.8. The Kier molecular flexibility index (Phi) is 3.32. The minimum atomic E-state index is -0.0786. The number of hydrogen-bond donors (Lipinski definition) is 1. The van der Waals surface area contributed by atoms with Crippen LogP contribution in [0.1, 0.15) is 27.7 Å². The molecule has 12 heavy (non-hydrogen) atoms. The highest BCUT2D eigenvalue weighted by atomic mass is 16.3. The van der Waals surface area contributed by atoms with E-state index >= 15 is 0 Å². The van der Waals surface area contributed by atoms with Crippen LogP contribution < -0.4 is 0 Å². The molecule has 0 saturated heterocycles. The molecule has 1 nitrogen and oxygen atoms in total. The zero-order valence-corrected chi connectivity index (χ0v) is 8.44. The van der Waals surface area contributed by atoms with E-state index in [0.717, 1.165) is 11.1 Å². The minimum absolute atomic E-state index is 0.0786. The SMILES string of the molecule is C=C(C)/C=C(\C(=C)O)C(C)(C)C. The van der Waals surface area contributed by atoms with Crippen LogP contribution in [0.15, 0.2) is 36.1 Å². The van der Waals surface area contributed by atoms with Crippen LogP contribution in [0, 0.1) is 5.41 Å². The van der Waals surface area contributed by atoms with Gasteiger partial charge in [0.05, 0.1) is 0 Å². The molecular weight excluding hydrogens is 148 g/mol. The topological polar surface area (TPSA) is 20.2 Å². The fourth-order valence-corrected chi connectivity index (χ4v) is 0.979. The predicted molar refractivity (Wildman–Crippen MR) is 54.1 cm³/mol. The lowest BCUT2D eigenvalue weighted by Gasteiger charge is -2.22. The molecule has 0 heterocycles. The number of rotatable bonds is 2. The van der Waals surface area contributed by atoms with Gasteiger partial charge in [-0.1, -0.05) is 45.6 Å². The van der Waals surface area contributed by atoms with E-state index < -0.39 is 0 Å². The van der Waals surface area contributed by atoms with Crippen molar-refractivity contribution in [1.29, 1.82) is 0 Å². The maximum atomic E-state index is 9.29. The molecule has 0 aromatic carbocycles. The molecule has 0 aliphatic rings. The van der Waals surface area contributed by atoms with Crippen LogP contribution in [0.25, 0.3) is 0 Å². The number of aliphatic hydroxyl groups is 1. The van der Waals surface area contributed by atoms with Crippen LogP contribution in [0.3, 0.4) is 0 Å². The second kappa shape index (κ2) is 3.61. The first-order valence-electron chi connectivity index (χ1n) is 4.01. The van der Waals surface area contributed by atoms with Crippen molar-refractivity contribution in [2.24, 2.45) is 5.41 Å². The van der Waals surface area contributed by atoms with E-state index in [9.17, 15) is 5.11 Å². The summed E-state index contributed by atoms with van der Waals surface area (Å²) in [6.45, 7) is 15.3.